The summed E-state index contributed by atoms with van der Waals surface area (Å²) in [5.74, 6) is 1.81. The molecule has 2 aromatic rings. The molecule has 28 heavy (non-hydrogen) atoms. The van der Waals surface area contributed by atoms with Crippen LogP contribution in [0, 0.1) is 0 Å². The second-order valence-electron chi connectivity index (χ2n) is 6.79. The molecular weight excluding hydrogens is 364 g/mol. The molecule has 148 valence electrons. The second-order valence-corrected chi connectivity index (χ2v) is 6.79. The van der Waals surface area contributed by atoms with E-state index >= 15 is 0 Å². The summed E-state index contributed by atoms with van der Waals surface area (Å²) in [4.78, 5) is 29.7. The van der Waals surface area contributed by atoms with Gasteiger partial charge >= 0.3 is 6.09 Å². The highest BCUT2D eigenvalue weighted by molar-refractivity contribution is 5.89. The number of hydrogen-bond donors (Lipinski definition) is 1. The van der Waals surface area contributed by atoms with Crippen LogP contribution >= 0.6 is 0 Å². The van der Waals surface area contributed by atoms with E-state index in [1.54, 1.807) is 24.0 Å². The molecule has 1 saturated heterocycles. The van der Waals surface area contributed by atoms with Gasteiger partial charge in [0.15, 0.2) is 11.9 Å². The predicted octanol–water partition coefficient (Wildman–Crippen LogP) is 1.93. The molecular formula is C19H22N4O5. The third-order valence-electron chi connectivity index (χ3n) is 4.94. The molecule has 9 nitrogen and oxygen atoms in total. The minimum atomic E-state index is -0.746. The zero-order chi connectivity index (χ0) is 19.8. The van der Waals surface area contributed by atoms with Crippen molar-refractivity contribution in [3.63, 3.8) is 0 Å². The van der Waals surface area contributed by atoms with Crippen molar-refractivity contribution in [2.24, 2.45) is 5.73 Å². The highest BCUT2D eigenvalue weighted by Crippen LogP contribution is 2.37. The Labute approximate surface area is 162 Å². The average Bonchev–Trinajstić information content (AvgIpc) is 3.20. The fourth-order valence-electron chi connectivity index (χ4n) is 3.34. The third-order valence-corrected chi connectivity index (χ3v) is 4.94. The molecule has 0 spiro atoms. The van der Waals surface area contributed by atoms with Crippen LogP contribution in [0.1, 0.15) is 20.3 Å². The van der Waals surface area contributed by atoms with Gasteiger partial charge < -0.3 is 24.5 Å². The first-order valence-electron chi connectivity index (χ1n) is 9.24. The fraction of sp³-hybridized carbons (Fsp3) is 0.421. The Morgan fingerprint density at radius 3 is 3.00 bits per heavy atom. The summed E-state index contributed by atoms with van der Waals surface area (Å²) in [5, 5.41) is 0. The molecule has 0 bridgehead atoms. The number of imidazole rings is 1. The van der Waals surface area contributed by atoms with E-state index in [9.17, 15) is 9.59 Å². The molecule has 4 rings (SSSR count). The molecule has 2 aliphatic rings. The van der Waals surface area contributed by atoms with Gasteiger partial charge in [-0.25, -0.2) is 9.78 Å². The van der Waals surface area contributed by atoms with E-state index in [4.69, 9.17) is 24.9 Å². The minimum absolute atomic E-state index is 0.0200. The van der Waals surface area contributed by atoms with Crippen LogP contribution in [0.2, 0.25) is 0 Å². The zero-order valence-electron chi connectivity index (χ0n) is 15.8. The summed E-state index contributed by atoms with van der Waals surface area (Å²) in [6.07, 6.45) is 1.51. The van der Waals surface area contributed by atoms with Crippen molar-refractivity contribution in [1.29, 1.82) is 0 Å². The topological polar surface area (TPSA) is 109 Å². The summed E-state index contributed by atoms with van der Waals surface area (Å²) in [6.45, 7) is 5.00. The van der Waals surface area contributed by atoms with Crippen LogP contribution in [0.4, 0.5) is 10.6 Å². The molecule has 1 unspecified atom stereocenters. The molecule has 2 aliphatic heterocycles. The van der Waals surface area contributed by atoms with E-state index in [-0.39, 0.29) is 12.1 Å². The van der Waals surface area contributed by atoms with Crippen LogP contribution in [0.25, 0.3) is 11.4 Å². The normalized spacial score (nSPS) is 19.1. The maximum atomic E-state index is 12.1. The van der Waals surface area contributed by atoms with Gasteiger partial charge in [-0.05, 0) is 25.5 Å². The van der Waals surface area contributed by atoms with Crippen molar-refractivity contribution in [2.75, 3.05) is 18.1 Å². The minimum Gasteiger partial charge on any atom is -0.491 e. The number of rotatable bonds is 5. The molecule has 0 saturated carbocycles. The predicted molar refractivity (Wildman–Crippen MR) is 100 cm³/mol. The molecule has 9 heteroatoms. The number of nitrogens with zero attached hydrogens (tertiary/aromatic N) is 3. The maximum absolute atomic E-state index is 12.1. The molecule has 1 fully saturated rings. The van der Waals surface area contributed by atoms with Gasteiger partial charge in [0.05, 0.1) is 18.2 Å². The highest BCUT2D eigenvalue weighted by Gasteiger charge is 2.35. The van der Waals surface area contributed by atoms with Gasteiger partial charge in [0, 0.05) is 12.3 Å². The third kappa shape index (κ3) is 3.12. The number of fused-ring (bicyclic) bond motifs is 3. The van der Waals surface area contributed by atoms with Crippen molar-refractivity contribution < 1.29 is 23.8 Å². The number of ether oxygens (including phenoxy) is 3. The van der Waals surface area contributed by atoms with E-state index in [0.29, 0.717) is 42.9 Å². The number of cyclic esters (lactones) is 1. The van der Waals surface area contributed by atoms with Crippen molar-refractivity contribution >= 4 is 17.8 Å². The molecule has 1 aromatic carbocycles. The number of carbonyl (C=O) groups is 2. The first-order valence-corrected chi connectivity index (χ1v) is 9.24. The van der Waals surface area contributed by atoms with Gasteiger partial charge in [-0.15, -0.1) is 0 Å². The number of amides is 2. The van der Waals surface area contributed by atoms with Crippen molar-refractivity contribution in [1.82, 2.24) is 9.55 Å². The Balaban J connectivity index is 1.68. The molecule has 3 heterocycles. The number of anilines is 1. The largest absolute Gasteiger partial charge is 0.491 e. The van der Waals surface area contributed by atoms with E-state index in [1.807, 2.05) is 23.8 Å². The highest BCUT2D eigenvalue weighted by atomic mass is 16.6. The number of benzene rings is 1. The summed E-state index contributed by atoms with van der Waals surface area (Å²) < 4.78 is 18.5. The van der Waals surface area contributed by atoms with Gasteiger partial charge in [-0.2, -0.15) is 0 Å². The Kier molecular flexibility index (Phi) is 4.58. The van der Waals surface area contributed by atoms with E-state index < -0.39 is 12.0 Å². The van der Waals surface area contributed by atoms with Gasteiger partial charge in [0.25, 0.3) is 5.91 Å². The molecule has 2 amide bonds. The molecule has 2 atom stereocenters. The van der Waals surface area contributed by atoms with Crippen molar-refractivity contribution in [3.8, 4) is 22.9 Å². The van der Waals surface area contributed by atoms with Crippen LogP contribution in [0.15, 0.2) is 24.4 Å². The smallest absolute Gasteiger partial charge is 0.415 e. The van der Waals surface area contributed by atoms with Crippen LogP contribution in [-0.4, -0.2) is 46.9 Å². The first-order chi connectivity index (χ1) is 13.5. The van der Waals surface area contributed by atoms with Gasteiger partial charge in [0.2, 0.25) is 0 Å². The lowest BCUT2D eigenvalue weighted by atomic mass is 10.1. The Morgan fingerprint density at radius 2 is 2.25 bits per heavy atom. The second kappa shape index (κ2) is 7.06. The first kappa shape index (κ1) is 18.1. The quantitative estimate of drug-likeness (QED) is 0.841. The summed E-state index contributed by atoms with van der Waals surface area (Å²) >= 11 is 0. The van der Waals surface area contributed by atoms with Gasteiger partial charge in [-0.1, -0.05) is 6.92 Å². The van der Waals surface area contributed by atoms with Crippen LogP contribution in [-0.2, 0) is 16.1 Å². The number of hydrogen-bond acceptors (Lipinski definition) is 6. The monoisotopic (exact) mass is 386 g/mol. The van der Waals surface area contributed by atoms with Gasteiger partial charge in [-0.3, -0.25) is 9.69 Å². The lowest BCUT2D eigenvalue weighted by Crippen LogP contribution is -2.33. The number of aromatic nitrogens is 2. The molecule has 2 N–H and O–H groups in total. The molecule has 0 aliphatic carbocycles. The van der Waals surface area contributed by atoms with Crippen molar-refractivity contribution in [3.05, 3.63) is 24.4 Å². The SMILES string of the molecule is CCC1COC(=O)N1c1cn2c(n1)-c1ccc(O[C@@H](C)C(N)=O)cc1OCC2. The summed E-state index contributed by atoms with van der Waals surface area (Å²) in [6, 6.07) is 5.27. The lowest BCUT2D eigenvalue weighted by Gasteiger charge is -2.17. The average molecular weight is 386 g/mol. The van der Waals surface area contributed by atoms with Crippen LogP contribution < -0.4 is 20.1 Å². The summed E-state index contributed by atoms with van der Waals surface area (Å²) in [7, 11) is 0. The maximum Gasteiger partial charge on any atom is 0.415 e. The Morgan fingerprint density at radius 1 is 1.43 bits per heavy atom. The number of primary amides is 1. The Hall–Kier alpha value is -3.23. The van der Waals surface area contributed by atoms with Gasteiger partial charge in [0.1, 0.15) is 30.5 Å². The van der Waals surface area contributed by atoms with E-state index in [2.05, 4.69) is 0 Å². The molecule has 0 radical (unpaired) electrons. The lowest BCUT2D eigenvalue weighted by molar-refractivity contribution is -0.123. The van der Waals surface area contributed by atoms with Crippen LogP contribution in [0.5, 0.6) is 11.5 Å². The summed E-state index contributed by atoms with van der Waals surface area (Å²) in [5.41, 5.74) is 6.04. The van der Waals surface area contributed by atoms with Crippen LogP contribution in [0.3, 0.4) is 0 Å². The van der Waals surface area contributed by atoms with Crippen molar-refractivity contribution in [2.45, 2.75) is 39.0 Å². The van der Waals surface area contributed by atoms with E-state index in [0.717, 1.165) is 12.0 Å². The standard InChI is InChI=1S/C19H22N4O5/c1-3-12-10-27-19(25)23(12)16-9-22-6-7-26-15-8-13(28-11(2)17(20)24)4-5-14(15)18(22)21-16/h4-5,8-9,11-12H,3,6-7,10H2,1-2H3,(H2,20,24)/t11-,12?/m0/s1. The molecule has 1 aromatic heterocycles. The van der Waals surface area contributed by atoms with E-state index in [1.165, 1.54) is 0 Å². The number of carbonyl (C=O) groups excluding carboxylic acids is 2. The Bertz CT molecular complexity index is 925. The fourth-order valence-corrected chi connectivity index (χ4v) is 3.34. The zero-order valence-corrected chi connectivity index (χ0v) is 15.8. The number of nitrogens with two attached hydrogens (primary N) is 1.